The van der Waals surface area contributed by atoms with E-state index < -0.39 is 0 Å². The summed E-state index contributed by atoms with van der Waals surface area (Å²) < 4.78 is 8.31. The Morgan fingerprint density at radius 2 is 1.73 bits per heavy atom. The molecule has 6 nitrogen and oxygen atoms in total. The second-order valence-corrected chi connectivity index (χ2v) is 13.2. The van der Waals surface area contributed by atoms with Crippen molar-refractivity contribution in [2.75, 3.05) is 18.9 Å². The first kappa shape index (κ1) is 29.9. The Morgan fingerprint density at radius 1 is 0.950 bits per heavy atom. The number of phenolic OH excluding ortho intramolecular Hbond substituents is 1. The molecular weight excluding hydrogens is 496 g/mol. The van der Waals surface area contributed by atoms with Crippen molar-refractivity contribution in [2.45, 2.75) is 99.0 Å². The number of hydrogen-bond donors (Lipinski definition) is 2. The predicted molar refractivity (Wildman–Crippen MR) is 167 cm³/mol. The van der Waals surface area contributed by atoms with Crippen LogP contribution in [-0.4, -0.2) is 32.9 Å². The maximum Gasteiger partial charge on any atom is 0.152 e. The number of aromatic hydroxyl groups is 1. The van der Waals surface area contributed by atoms with Gasteiger partial charge in [-0.15, -0.1) is 0 Å². The highest BCUT2D eigenvalue weighted by Crippen LogP contribution is 2.34. The van der Waals surface area contributed by atoms with E-state index in [1.54, 1.807) is 6.07 Å². The van der Waals surface area contributed by atoms with Gasteiger partial charge in [-0.05, 0) is 72.3 Å². The highest BCUT2D eigenvalue weighted by Gasteiger charge is 2.23. The summed E-state index contributed by atoms with van der Waals surface area (Å²) in [5.41, 5.74) is 12.8. The first-order valence-electron chi connectivity index (χ1n) is 14.8. The Morgan fingerprint density at radius 3 is 2.42 bits per heavy atom. The van der Waals surface area contributed by atoms with Gasteiger partial charge in [-0.2, -0.15) is 0 Å². The predicted octanol–water partition coefficient (Wildman–Crippen LogP) is 8.08. The zero-order chi connectivity index (χ0) is 29.1. The van der Waals surface area contributed by atoms with Crippen molar-refractivity contribution in [3.05, 3.63) is 58.9 Å². The van der Waals surface area contributed by atoms with Crippen LogP contribution in [0.15, 0.2) is 36.4 Å². The molecule has 0 bridgehead atoms. The summed E-state index contributed by atoms with van der Waals surface area (Å²) in [4.78, 5) is 9.82. The van der Waals surface area contributed by atoms with Crippen LogP contribution in [0.5, 0.6) is 5.75 Å². The van der Waals surface area contributed by atoms with Crippen molar-refractivity contribution >= 4 is 27.8 Å². The minimum Gasteiger partial charge on any atom is -0.508 e. The average molecular weight is 545 g/mol. The lowest BCUT2D eigenvalue weighted by Crippen LogP contribution is -2.20. The van der Waals surface area contributed by atoms with Crippen molar-refractivity contribution in [3.63, 3.8) is 0 Å². The highest BCUT2D eigenvalue weighted by atomic mass is 16.5. The van der Waals surface area contributed by atoms with Gasteiger partial charge >= 0.3 is 0 Å². The topological polar surface area (TPSA) is 86.2 Å². The molecule has 0 fully saturated rings. The van der Waals surface area contributed by atoms with E-state index >= 15 is 0 Å². The molecule has 0 saturated heterocycles. The molecule has 2 aromatic heterocycles. The molecule has 0 radical (unpaired) electrons. The number of nitrogen functional groups attached to an aromatic ring is 1. The molecule has 0 aliphatic rings. The summed E-state index contributed by atoms with van der Waals surface area (Å²) in [7, 11) is 0. The minimum absolute atomic E-state index is 0.0558. The van der Waals surface area contributed by atoms with Crippen molar-refractivity contribution in [2.24, 2.45) is 5.41 Å². The van der Waals surface area contributed by atoms with E-state index in [1.807, 2.05) is 19.1 Å². The number of anilines is 1. The Kier molecular flexibility index (Phi) is 9.09. The van der Waals surface area contributed by atoms with Gasteiger partial charge in [-0.3, -0.25) is 0 Å². The standard InChI is InChI=1S/C34H48N4O2/c1-8-9-11-29-37-30-31(38(29)22-24-12-15-28(39)23(2)20-24)26-14-13-25(21-27(26)36-32(30)35)34(6,7)17-19-40-18-10-16-33(3,4)5/h12-15,20-21,39H,8-11,16-19,22H2,1-7H3,(H2,35,36). The quantitative estimate of drug-likeness (QED) is 0.176. The number of benzene rings is 2. The summed E-state index contributed by atoms with van der Waals surface area (Å²) >= 11 is 0. The Bertz CT molecular complexity index is 1460. The third kappa shape index (κ3) is 6.95. The second kappa shape index (κ2) is 12.2. The van der Waals surface area contributed by atoms with Crippen LogP contribution >= 0.6 is 0 Å². The maximum atomic E-state index is 10.1. The number of phenols is 1. The number of nitrogens with two attached hydrogens (primary N) is 1. The number of pyridine rings is 1. The number of hydrogen-bond acceptors (Lipinski definition) is 5. The summed E-state index contributed by atoms with van der Waals surface area (Å²) in [5.74, 6) is 1.81. The Labute approximate surface area is 240 Å². The Hall–Kier alpha value is -3.12. The molecule has 4 rings (SSSR count). The van der Waals surface area contributed by atoms with E-state index in [1.165, 1.54) is 12.0 Å². The lowest BCUT2D eigenvalue weighted by atomic mass is 9.81. The van der Waals surface area contributed by atoms with Crippen LogP contribution < -0.4 is 5.73 Å². The molecule has 0 saturated carbocycles. The summed E-state index contributed by atoms with van der Waals surface area (Å²) in [5, 5.41) is 11.1. The zero-order valence-electron chi connectivity index (χ0n) is 25.6. The number of aromatic nitrogens is 3. The number of fused-ring (bicyclic) bond motifs is 3. The van der Waals surface area contributed by atoms with E-state index in [0.717, 1.165) is 84.2 Å². The molecule has 0 atom stereocenters. The molecule has 3 N–H and O–H groups in total. The SMILES string of the molecule is CCCCc1nc2c(N)nc3cc(C(C)(C)CCOCCCC(C)(C)C)ccc3c2n1Cc1ccc(O)c(C)c1. The molecule has 0 aliphatic heterocycles. The van der Waals surface area contributed by atoms with E-state index in [2.05, 4.69) is 64.3 Å². The summed E-state index contributed by atoms with van der Waals surface area (Å²) in [6.45, 7) is 17.7. The molecule has 6 heteroatoms. The van der Waals surface area contributed by atoms with Gasteiger partial charge < -0.3 is 20.1 Å². The van der Waals surface area contributed by atoms with E-state index in [9.17, 15) is 5.11 Å². The van der Waals surface area contributed by atoms with Crippen LogP contribution in [0.2, 0.25) is 0 Å². The van der Waals surface area contributed by atoms with Gasteiger partial charge in [0.05, 0.1) is 11.0 Å². The molecule has 2 heterocycles. The molecule has 0 spiro atoms. The van der Waals surface area contributed by atoms with Crippen LogP contribution in [-0.2, 0) is 23.1 Å². The summed E-state index contributed by atoms with van der Waals surface area (Å²) in [6.07, 6.45) is 6.23. The number of ether oxygens (including phenoxy) is 1. The lowest BCUT2D eigenvalue weighted by molar-refractivity contribution is 0.108. The molecule has 40 heavy (non-hydrogen) atoms. The van der Waals surface area contributed by atoms with Gasteiger partial charge in [0.2, 0.25) is 0 Å². The largest absolute Gasteiger partial charge is 0.508 e. The number of nitrogens with zero attached hydrogens (tertiary/aromatic N) is 3. The number of imidazole rings is 1. The molecule has 2 aromatic carbocycles. The van der Waals surface area contributed by atoms with Gasteiger partial charge in [0.1, 0.15) is 17.1 Å². The van der Waals surface area contributed by atoms with Crippen LogP contribution in [0.1, 0.15) is 96.2 Å². The smallest absolute Gasteiger partial charge is 0.152 e. The highest BCUT2D eigenvalue weighted by molar-refractivity contribution is 6.06. The second-order valence-electron chi connectivity index (χ2n) is 13.2. The summed E-state index contributed by atoms with van der Waals surface area (Å²) in [6, 6.07) is 12.4. The molecule has 0 unspecified atom stereocenters. The third-order valence-electron chi connectivity index (χ3n) is 8.01. The average Bonchev–Trinajstić information content (AvgIpc) is 3.25. The van der Waals surface area contributed by atoms with Gasteiger partial charge in [0, 0.05) is 31.6 Å². The Balaban J connectivity index is 1.65. The van der Waals surface area contributed by atoms with E-state index in [-0.39, 0.29) is 5.41 Å². The van der Waals surface area contributed by atoms with Crippen LogP contribution in [0.3, 0.4) is 0 Å². The third-order valence-corrected chi connectivity index (χ3v) is 8.01. The molecule has 4 aromatic rings. The van der Waals surface area contributed by atoms with Crippen molar-refractivity contribution in [3.8, 4) is 5.75 Å². The van der Waals surface area contributed by atoms with E-state index in [0.29, 0.717) is 23.5 Å². The first-order valence-corrected chi connectivity index (χ1v) is 14.8. The van der Waals surface area contributed by atoms with Crippen LogP contribution in [0.4, 0.5) is 5.82 Å². The lowest BCUT2D eigenvalue weighted by Gasteiger charge is -2.26. The van der Waals surface area contributed by atoms with Crippen LogP contribution in [0.25, 0.3) is 21.9 Å². The van der Waals surface area contributed by atoms with Gasteiger partial charge in [0.25, 0.3) is 0 Å². The number of rotatable bonds is 12. The fraction of sp³-hybridized carbons (Fsp3) is 0.529. The minimum atomic E-state index is -0.0558. The molecule has 0 aliphatic carbocycles. The molecule has 0 amide bonds. The first-order chi connectivity index (χ1) is 18.9. The molecular formula is C34H48N4O2. The fourth-order valence-electron chi connectivity index (χ4n) is 5.35. The van der Waals surface area contributed by atoms with Crippen molar-refractivity contribution < 1.29 is 9.84 Å². The van der Waals surface area contributed by atoms with Crippen molar-refractivity contribution in [1.82, 2.24) is 14.5 Å². The van der Waals surface area contributed by atoms with Gasteiger partial charge in [-0.1, -0.05) is 72.2 Å². The van der Waals surface area contributed by atoms with Gasteiger partial charge in [-0.25, -0.2) is 9.97 Å². The van der Waals surface area contributed by atoms with Gasteiger partial charge in [0.15, 0.2) is 5.82 Å². The normalized spacial score (nSPS) is 12.6. The monoisotopic (exact) mass is 544 g/mol. The number of unbranched alkanes of at least 4 members (excludes halogenated alkanes) is 1. The fourth-order valence-corrected chi connectivity index (χ4v) is 5.35. The zero-order valence-corrected chi connectivity index (χ0v) is 25.6. The number of aryl methyl sites for hydroxylation is 2. The van der Waals surface area contributed by atoms with Crippen LogP contribution in [0, 0.1) is 12.3 Å². The maximum absolute atomic E-state index is 10.1. The molecule has 216 valence electrons. The van der Waals surface area contributed by atoms with E-state index in [4.69, 9.17) is 20.4 Å². The van der Waals surface area contributed by atoms with Crippen molar-refractivity contribution in [1.29, 1.82) is 0 Å².